The molecule has 2 atom stereocenters. The molecule has 0 saturated heterocycles. The lowest BCUT2D eigenvalue weighted by molar-refractivity contribution is -0.159. The highest BCUT2D eigenvalue weighted by Gasteiger charge is 2.31. The number of benzene rings is 3. The zero-order chi connectivity index (χ0) is 66.7. The van der Waals surface area contributed by atoms with Crippen molar-refractivity contribution in [3.63, 3.8) is 0 Å². The van der Waals surface area contributed by atoms with Crippen LogP contribution in [-0.4, -0.2) is 150 Å². The molecule has 0 saturated carbocycles. The molecule has 0 aliphatic heterocycles. The molecule has 0 aromatic heterocycles. The molecule has 0 spiro atoms. The van der Waals surface area contributed by atoms with Crippen molar-refractivity contribution in [1.29, 1.82) is 0 Å². The van der Waals surface area contributed by atoms with E-state index in [0.717, 1.165) is 72.8 Å². The molecule has 3 aromatic rings. The van der Waals surface area contributed by atoms with Crippen LogP contribution in [0, 0.1) is 0 Å². The number of hydrogen-bond acceptors (Lipinski definition) is 16. The average molecular weight is 1290 g/mol. The van der Waals surface area contributed by atoms with E-state index in [1.165, 1.54) is 44.9 Å². The van der Waals surface area contributed by atoms with Gasteiger partial charge in [0.2, 0.25) is 23.6 Å². The van der Waals surface area contributed by atoms with Gasteiger partial charge in [0.05, 0.1) is 39.6 Å². The molecule has 21 heteroatoms. The molecular weight excluding hydrogens is 1180 g/mol. The molecule has 5 N–H and O–H groups in total. The molecule has 512 valence electrons. The van der Waals surface area contributed by atoms with E-state index < -0.39 is 41.3 Å². The zero-order valence-corrected chi connectivity index (χ0v) is 55.8. The van der Waals surface area contributed by atoms with Crippen LogP contribution in [0.5, 0.6) is 0 Å². The fourth-order valence-corrected chi connectivity index (χ4v) is 10.3. The van der Waals surface area contributed by atoms with Gasteiger partial charge in [-0.2, -0.15) is 0 Å². The van der Waals surface area contributed by atoms with Crippen molar-refractivity contribution in [2.24, 2.45) is 0 Å². The highest BCUT2D eigenvalue weighted by molar-refractivity contribution is 5.86. The molecule has 0 unspecified atom stereocenters. The maximum atomic E-state index is 13.3. The molecule has 1 aliphatic rings. The lowest BCUT2D eigenvalue weighted by atomic mass is 9.98. The van der Waals surface area contributed by atoms with Crippen LogP contribution in [0.1, 0.15) is 199 Å². The van der Waals surface area contributed by atoms with Gasteiger partial charge in [-0.3, -0.25) is 24.0 Å². The first kappa shape index (κ1) is 77.5. The van der Waals surface area contributed by atoms with Gasteiger partial charge in [0.1, 0.15) is 49.7 Å². The topological polar surface area (TPSA) is 271 Å². The van der Waals surface area contributed by atoms with E-state index in [9.17, 15) is 38.4 Å². The number of amides is 5. The normalized spacial score (nSPS) is 12.6. The minimum atomic E-state index is -0.965. The standard InChI is InChI=1S/C71H107N5O16/c1-70(2,3)91-66(81)38-23-18-16-14-12-10-8-7-9-11-13-15-17-22-37-63(78)75-61(68(83)92-71(4,5)6)39-40-62(77)73-42-44-85-46-49-88-53-65(80)74-43-45-86-47-48-87-52-64(79)72-41-29-28-36-60(67(82)89-50-54-30-20-19-21-31-54)76-69(84)90-51-59-57-34-26-24-32-55(57)56-33-25-27-35-58(56)59/h19-21,24-27,30-35,59-61H,7-18,22-23,28-29,36-53H2,1-6H3,(H,72,79)(H,73,77)(H,74,80)(H,75,78)(H,76,84)/t60-,61-/m1/s1. The summed E-state index contributed by atoms with van der Waals surface area (Å²) < 4.78 is 44.0. The predicted molar refractivity (Wildman–Crippen MR) is 351 cm³/mol. The van der Waals surface area contributed by atoms with Gasteiger partial charge in [-0.15, -0.1) is 0 Å². The molecule has 92 heavy (non-hydrogen) atoms. The number of carbonyl (C=O) groups is 8. The zero-order valence-electron chi connectivity index (χ0n) is 55.8. The average Bonchev–Trinajstić information content (AvgIpc) is 1.62. The first-order valence-electron chi connectivity index (χ1n) is 33.4. The summed E-state index contributed by atoms with van der Waals surface area (Å²) in [6.07, 6.45) is 17.0. The van der Waals surface area contributed by atoms with Gasteiger partial charge in [0, 0.05) is 44.8 Å². The summed E-state index contributed by atoms with van der Waals surface area (Å²) in [5.41, 5.74) is 4.00. The third-order valence-corrected chi connectivity index (χ3v) is 14.9. The number of ether oxygens (including phenoxy) is 8. The van der Waals surface area contributed by atoms with Crippen molar-refractivity contribution in [2.75, 3.05) is 79.1 Å². The Morgan fingerprint density at radius 1 is 0.413 bits per heavy atom. The van der Waals surface area contributed by atoms with Gasteiger partial charge < -0.3 is 64.5 Å². The minimum absolute atomic E-state index is 0.00150. The Bertz CT molecular complexity index is 2600. The van der Waals surface area contributed by atoms with Crippen LogP contribution >= 0.6 is 0 Å². The number of carbonyl (C=O) groups excluding carboxylic acids is 8. The summed E-state index contributed by atoms with van der Waals surface area (Å²) in [5.74, 6) is -2.61. The lowest BCUT2D eigenvalue weighted by Crippen LogP contribution is -2.44. The first-order chi connectivity index (χ1) is 44.3. The van der Waals surface area contributed by atoms with Crippen LogP contribution in [0.25, 0.3) is 11.1 Å². The molecule has 0 bridgehead atoms. The molecule has 4 rings (SSSR count). The molecule has 0 heterocycles. The lowest BCUT2D eigenvalue weighted by Gasteiger charge is -2.24. The highest BCUT2D eigenvalue weighted by atomic mass is 16.6. The van der Waals surface area contributed by atoms with E-state index in [1.807, 2.05) is 87.5 Å². The second-order valence-electron chi connectivity index (χ2n) is 25.2. The second kappa shape index (κ2) is 45.4. The summed E-state index contributed by atoms with van der Waals surface area (Å²) in [4.78, 5) is 101. The minimum Gasteiger partial charge on any atom is -0.460 e. The number of esters is 3. The van der Waals surface area contributed by atoms with Gasteiger partial charge >= 0.3 is 24.0 Å². The fourth-order valence-electron chi connectivity index (χ4n) is 10.3. The number of nitrogens with one attached hydrogen (secondary N) is 5. The summed E-state index contributed by atoms with van der Waals surface area (Å²) in [5, 5.41) is 13.8. The van der Waals surface area contributed by atoms with Gasteiger partial charge in [-0.05, 0) is 108 Å². The van der Waals surface area contributed by atoms with Crippen molar-refractivity contribution in [1.82, 2.24) is 26.6 Å². The van der Waals surface area contributed by atoms with Crippen molar-refractivity contribution in [3.05, 3.63) is 95.6 Å². The number of unbranched alkanes of at least 4 members (excludes halogenated alkanes) is 14. The number of rotatable bonds is 49. The van der Waals surface area contributed by atoms with Crippen molar-refractivity contribution in [2.45, 2.75) is 212 Å². The SMILES string of the molecule is CC(C)(C)OC(=O)CCCCCCCCCCCCCCCCC(=O)N[C@H](CCC(=O)NCCOCCOCC(=O)NCCOCCOCC(=O)NCCCC[C@@H](NC(=O)OCC1c2ccccc2-c2ccccc21)C(=O)OCc1ccccc1)C(=O)OC(C)(C)C. The van der Waals surface area contributed by atoms with Gasteiger partial charge in [-0.1, -0.05) is 156 Å². The Hall–Kier alpha value is -6.94. The Kier molecular flexibility index (Phi) is 38.2. The van der Waals surface area contributed by atoms with Crippen LogP contribution < -0.4 is 26.6 Å². The van der Waals surface area contributed by atoms with E-state index in [4.69, 9.17) is 37.9 Å². The van der Waals surface area contributed by atoms with Crippen molar-refractivity contribution in [3.8, 4) is 11.1 Å². The van der Waals surface area contributed by atoms with E-state index in [2.05, 4.69) is 38.7 Å². The van der Waals surface area contributed by atoms with E-state index in [1.54, 1.807) is 20.8 Å². The van der Waals surface area contributed by atoms with Crippen LogP contribution in [0.3, 0.4) is 0 Å². The van der Waals surface area contributed by atoms with E-state index in [-0.39, 0.29) is 134 Å². The van der Waals surface area contributed by atoms with Crippen LogP contribution in [0.4, 0.5) is 4.79 Å². The Morgan fingerprint density at radius 2 is 0.880 bits per heavy atom. The maximum absolute atomic E-state index is 13.3. The number of fused-ring (bicyclic) bond motifs is 3. The van der Waals surface area contributed by atoms with Gasteiger partial charge in [0.25, 0.3) is 0 Å². The number of alkyl carbamates (subject to hydrolysis) is 1. The quantitative estimate of drug-likeness (QED) is 0.0200. The van der Waals surface area contributed by atoms with Crippen LogP contribution in [-0.2, 0) is 78.1 Å². The smallest absolute Gasteiger partial charge is 0.407 e. The first-order valence-corrected chi connectivity index (χ1v) is 33.4. The third kappa shape index (κ3) is 35.8. The Morgan fingerprint density at radius 3 is 1.42 bits per heavy atom. The van der Waals surface area contributed by atoms with Crippen LogP contribution in [0.2, 0.25) is 0 Å². The van der Waals surface area contributed by atoms with Gasteiger partial charge in [-0.25, -0.2) is 14.4 Å². The Labute approximate surface area is 546 Å². The monoisotopic (exact) mass is 1290 g/mol. The summed E-state index contributed by atoms with van der Waals surface area (Å²) >= 11 is 0. The van der Waals surface area contributed by atoms with Crippen LogP contribution in [0.15, 0.2) is 78.9 Å². The fraction of sp³-hybridized carbons (Fsp3) is 0.634. The number of hydrogen-bond donors (Lipinski definition) is 5. The third-order valence-electron chi connectivity index (χ3n) is 14.9. The molecule has 1 aliphatic carbocycles. The molecule has 21 nitrogen and oxygen atoms in total. The van der Waals surface area contributed by atoms with Gasteiger partial charge in [0.15, 0.2) is 0 Å². The maximum Gasteiger partial charge on any atom is 0.407 e. The largest absolute Gasteiger partial charge is 0.460 e. The molecule has 0 radical (unpaired) electrons. The molecule has 5 amide bonds. The second-order valence-corrected chi connectivity index (χ2v) is 25.2. The summed E-state index contributed by atoms with van der Waals surface area (Å²) in [7, 11) is 0. The van der Waals surface area contributed by atoms with E-state index in [0.29, 0.717) is 32.2 Å². The molecule has 3 aromatic carbocycles. The summed E-state index contributed by atoms with van der Waals surface area (Å²) in [6, 6.07) is 23.4. The summed E-state index contributed by atoms with van der Waals surface area (Å²) in [6.45, 7) is 12.6. The molecule has 0 fully saturated rings. The van der Waals surface area contributed by atoms with Crippen molar-refractivity contribution >= 4 is 47.6 Å². The van der Waals surface area contributed by atoms with Crippen molar-refractivity contribution < 1.29 is 76.3 Å². The van der Waals surface area contributed by atoms with E-state index >= 15 is 0 Å². The predicted octanol–water partition coefficient (Wildman–Crippen LogP) is 10.4. The molecular formula is C71H107N5O16. The highest BCUT2D eigenvalue weighted by Crippen LogP contribution is 2.44. The Balaban J connectivity index is 0.942.